The van der Waals surface area contributed by atoms with E-state index in [1.165, 1.54) is 0 Å². The Hall–Kier alpha value is -4.13. The summed E-state index contributed by atoms with van der Waals surface area (Å²) in [6.45, 7) is 5.79. The van der Waals surface area contributed by atoms with Gasteiger partial charge in [0.15, 0.2) is 11.5 Å². The maximum atomic E-state index is 13.5. The van der Waals surface area contributed by atoms with Crippen LogP contribution in [0.3, 0.4) is 0 Å². The first-order chi connectivity index (χ1) is 15.8. The summed E-state index contributed by atoms with van der Waals surface area (Å²) in [5.41, 5.74) is 1.61. The molecule has 1 aromatic heterocycles. The molecule has 5 rings (SSSR count). The predicted octanol–water partition coefficient (Wildman–Crippen LogP) is 4.09. The molecule has 3 aromatic carbocycles. The standard InChI is InChI=1S/C26H23N3O4/c1-16-8-11-18(12-9-16)29-24(31)19-6-4-5-7-20(19)27-25(29)26(2,3)28-23(30)17-10-13-21-22(14-17)33-15-32-21/h4-14H,15H2,1-3H3,(H,28,30). The molecule has 166 valence electrons. The fraction of sp³-hybridized carbons (Fsp3) is 0.192. The molecule has 7 heteroatoms. The Bertz CT molecular complexity index is 1440. The molecule has 7 nitrogen and oxygen atoms in total. The summed E-state index contributed by atoms with van der Waals surface area (Å²) in [7, 11) is 0. The number of amides is 1. The number of ether oxygens (including phenoxy) is 2. The summed E-state index contributed by atoms with van der Waals surface area (Å²) in [6.07, 6.45) is 0. The quantitative estimate of drug-likeness (QED) is 0.516. The third kappa shape index (κ3) is 3.71. The molecule has 4 aromatic rings. The minimum absolute atomic E-state index is 0.135. The monoisotopic (exact) mass is 441 g/mol. The van der Waals surface area contributed by atoms with Crippen molar-refractivity contribution in [2.75, 3.05) is 6.79 Å². The van der Waals surface area contributed by atoms with E-state index in [0.29, 0.717) is 39.5 Å². The van der Waals surface area contributed by atoms with E-state index >= 15 is 0 Å². The molecule has 0 radical (unpaired) electrons. The number of nitrogens with one attached hydrogen (secondary N) is 1. The number of nitrogens with zero attached hydrogens (tertiary/aromatic N) is 2. The molecule has 0 unspecified atom stereocenters. The van der Waals surface area contributed by atoms with Crippen molar-refractivity contribution in [1.82, 2.24) is 14.9 Å². The average molecular weight is 441 g/mol. The molecule has 33 heavy (non-hydrogen) atoms. The van der Waals surface area contributed by atoms with Crippen LogP contribution in [0.25, 0.3) is 16.6 Å². The number of benzene rings is 3. The number of para-hydroxylation sites is 1. The highest BCUT2D eigenvalue weighted by Gasteiger charge is 2.31. The van der Waals surface area contributed by atoms with Crippen LogP contribution in [0.1, 0.15) is 35.6 Å². The minimum Gasteiger partial charge on any atom is -0.454 e. The molecule has 1 amide bonds. The van der Waals surface area contributed by atoms with Gasteiger partial charge >= 0.3 is 0 Å². The van der Waals surface area contributed by atoms with Gasteiger partial charge in [-0.25, -0.2) is 4.98 Å². The fourth-order valence-electron chi connectivity index (χ4n) is 3.94. The van der Waals surface area contributed by atoms with Crippen LogP contribution in [-0.2, 0) is 5.54 Å². The Morgan fingerprint density at radius 2 is 1.73 bits per heavy atom. The van der Waals surface area contributed by atoms with Gasteiger partial charge < -0.3 is 14.8 Å². The third-order valence-corrected chi connectivity index (χ3v) is 5.69. The van der Waals surface area contributed by atoms with Crippen LogP contribution >= 0.6 is 0 Å². The third-order valence-electron chi connectivity index (χ3n) is 5.69. The lowest BCUT2D eigenvalue weighted by atomic mass is 10.0. The van der Waals surface area contributed by atoms with Crippen molar-refractivity contribution in [2.24, 2.45) is 0 Å². The number of hydrogen-bond donors (Lipinski definition) is 1. The van der Waals surface area contributed by atoms with Crippen molar-refractivity contribution in [3.8, 4) is 17.2 Å². The molecule has 0 fully saturated rings. The highest BCUT2D eigenvalue weighted by Crippen LogP contribution is 2.33. The molecule has 2 heterocycles. The number of carbonyl (C=O) groups is 1. The Kier molecular flexibility index (Phi) is 4.89. The molecule has 1 aliphatic heterocycles. The van der Waals surface area contributed by atoms with Crippen LogP contribution in [0.2, 0.25) is 0 Å². The minimum atomic E-state index is -0.971. The van der Waals surface area contributed by atoms with Crippen molar-refractivity contribution in [2.45, 2.75) is 26.3 Å². The van der Waals surface area contributed by atoms with Gasteiger partial charge in [-0.15, -0.1) is 0 Å². The van der Waals surface area contributed by atoms with Gasteiger partial charge in [-0.3, -0.25) is 14.2 Å². The number of rotatable bonds is 4. The van der Waals surface area contributed by atoms with Crippen molar-refractivity contribution in [3.05, 3.63) is 94.0 Å². The maximum absolute atomic E-state index is 13.5. The topological polar surface area (TPSA) is 82.5 Å². The van der Waals surface area contributed by atoms with Crippen molar-refractivity contribution in [1.29, 1.82) is 0 Å². The summed E-state index contributed by atoms with van der Waals surface area (Å²) < 4.78 is 12.3. The fourth-order valence-corrected chi connectivity index (χ4v) is 3.94. The first-order valence-corrected chi connectivity index (χ1v) is 10.6. The van der Waals surface area contributed by atoms with E-state index in [1.54, 1.807) is 34.9 Å². The van der Waals surface area contributed by atoms with Gasteiger partial charge in [0.25, 0.3) is 11.5 Å². The zero-order valence-corrected chi connectivity index (χ0v) is 18.6. The largest absolute Gasteiger partial charge is 0.454 e. The summed E-state index contributed by atoms with van der Waals surface area (Å²) >= 11 is 0. The Morgan fingerprint density at radius 3 is 2.52 bits per heavy atom. The van der Waals surface area contributed by atoms with E-state index < -0.39 is 5.54 Å². The molecule has 0 saturated heterocycles. The summed E-state index contributed by atoms with van der Waals surface area (Å²) in [4.78, 5) is 31.5. The van der Waals surface area contributed by atoms with E-state index in [9.17, 15) is 9.59 Å². The van der Waals surface area contributed by atoms with Crippen molar-refractivity contribution in [3.63, 3.8) is 0 Å². The molecule has 0 aliphatic carbocycles. The van der Waals surface area contributed by atoms with E-state index in [1.807, 2.05) is 57.2 Å². The Morgan fingerprint density at radius 1 is 1.00 bits per heavy atom. The molecule has 1 aliphatic rings. The van der Waals surface area contributed by atoms with Gasteiger partial charge in [-0.05, 0) is 63.2 Å². The second kappa shape index (κ2) is 7.78. The lowest BCUT2D eigenvalue weighted by molar-refractivity contribution is 0.0907. The van der Waals surface area contributed by atoms with E-state index in [0.717, 1.165) is 5.56 Å². The van der Waals surface area contributed by atoms with Crippen LogP contribution in [0.4, 0.5) is 0 Å². The van der Waals surface area contributed by atoms with Gasteiger partial charge in [0.05, 0.1) is 22.1 Å². The summed E-state index contributed by atoms with van der Waals surface area (Å²) in [5, 5.41) is 3.55. The van der Waals surface area contributed by atoms with Crippen molar-refractivity contribution < 1.29 is 14.3 Å². The molecule has 0 spiro atoms. The molecule has 0 atom stereocenters. The van der Waals surface area contributed by atoms with Gasteiger partial charge in [0.2, 0.25) is 6.79 Å². The van der Waals surface area contributed by atoms with Crippen LogP contribution in [0.15, 0.2) is 71.5 Å². The Labute approximate surface area is 190 Å². The number of aromatic nitrogens is 2. The smallest absolute Gasteiger partial charge is 0.266 e. The lowest BCUT2D eigenvalue weighted by Gasteiger charge is -2.29. The number of fused-ring (bicyclic) bond motifs is 2. The van der Waals surface area contributed by atoms with E-state index in [4.69, 9.17) is 14.5 Å². The molecule has 0 bridgehead atoms. The van der Waals surface area contributed by atoms with Crippen LogP contribution in [0, 0.1) is 6.92 Å². The maximum Gasteiger partial charge on any atom is 0.266 e. The van der Waals surface area contributed by atoms with Gasteiger partial charge in [-0.1, -0.05) is 29.8 Å². The van der Waals surface area contributed by atoms with E-state index in [2.05, 4.69) is 5.32 Å². The highest BCUT2D eigenvalue weighted by molar-refractivity contribution is 5.95. The second-order valence-electron chi connectivity index (χ2n) is 8.58. The molecular formula is C26H23N3O4. The highest BCUT2D eigenvalue weighted by atomic mass is 16.7. The Balaban J connectivity index is 1.61. The second-order valence-corrected chi connectivity index (χ2v) is 8.58. The number of hydrogen-bond acceptors (Lipinski definition) is 5. The first kappa shape index (κ1) is 20.8. The van der Waals surface area contributed by atoms with Gasteiger partial charge in [0.1, 0.15) is 5.82 Å². The van der Waals surface area contributed by atoms with Gasteiger partial charge in [-0.2, -0.15) is 0 Å². The molecular weight excluding hydrogens is 418 g/mol. The summed E-state index contributed by atoms with van der Waals surface area (Å²) in [6, 6.07) is 19.9. The predicted molar refractivity (Wildman–Crippen MR) is 125 cm³/mol. The SMILES string of the molecule is Cc1ccc(-n2c(C(C)(C)NC(=O)c3ccc4c(c3)OCO4)nc3ccccc3c2=O)cc1. The average Bonchev–Trinajstić information content (AvgIpc) is 3.27. The zero-order valence-electron chi connectivity index (χ0n) is 18.6. The van der Waals surface area contributed by atoms with E-state index in [-0.39, 0.29) is 18.3 Å². The number of aryl methyl sites for hydroxylation is 1. The first-order valence-electron chi connectivity index (χ1n) is 10.6. The van der Waals surface area contributed by atoms with Crippen molar-refractivity contribution >= 4 is 16.8 Å². The zero-order chi connectivity index (χ0) is 23.2. The van der Waals surface area contributed by atoms with Crippen LogP contribution in [0.5, 0.6) is 11.5 Å². The normalized spacial score (nSPS) is 12.7. The molecule has 1 N–H and O–H groups in total. The van der Waals surface area contributed by atoms with Crippen LogP contribution < -0.4 is 20.3 Å². The van der Waals surface area contributed by atoms with Crippen LogP contribution in [-0.4, -0.2) is 22.3 Å². The molecule has 0 saturated carbocycles. The number of carbonyl (C=O) groups excluding carboxylic acids is 1. The summed E-state index contributed by atoms with van der Waals surface area (Å²) in [5.74, 6) is 1.26. The lowest BCUT2D eigenvalue weighted by Crippen LogP contribution is -2.45. The van der Waals surface area contributed by atoms with Gasteiger partial charge in [0, 0.05) is 5.56 Å².